The van der Waals surface area contributed by atoms with Gasteiger partial charge >= 0.3 is 0 Å². The smallest absolute Gasteiger partial charge is 0.234 e. The van der Waals surface area contributed by atoms with Gasteiger partial charge in [0.2, 0.25) is 5.91 Å². The number of nitrogens with two attached hydrogens (primary N) is 1. The number of unbranched alkanes of at least 4 members (excludes halogenated alkanes) is 1. The van der Waals surface area contributed by atoms with Crippen LogP contribution in [0.2, 0.25) is 0 Å². The summed E-state index contributed by atoms with van der Waals surface area (Å²) in [6, 6.07) is 0.273. The van der Waals surface area contributed by atoms with Gasteiger partial charge in [0.15, 0.2) is 0 Å². The van der Waals surface area contributed by atoms with Gasteiger partial charge in [0.05, 0.1) is 19.4 Å². The van der Waals surface area contributed by atoms with Crippen molar-refractivity contribution in [2.24, 2.45) is 11.7 Å². The van der Waals surface area contributed by atoms with E-state index in [1.165, 1.54) is 38.5 Å². The molecule has 7 N–H and O–H groups in total. The Labute approximate surface area is 223 Å². The number of hydroxylamine groups is 2. The van der Waals surface area contributed by atoms with Gasteiger partial charge in [-0.05, 0) is 64.8 Å². The van der Waals surface area contributed by atoms with Gasteiger partial charge in [-0.15, -0.1) is 5.06 Å². The number of carbonyl (C=O) groups is 1. The molecular weight excluding hydrogens is 472 g/mol. The lowest BCUT2D eigenvalue weighted by atomic mass is 9.70. The van der Waals surface area contributed by atoms with Crippen LogP contribution in [0.15, 0.2) is 0 Å². The van der Waals surface area contributed by atoms with Crippen molar-refractivity contribution >= 4 is 5.91 Å². The van der Waals surface area contributed by atoms with Crippen molar-refractivity contribution in [2.75, 3.05) is 39.5 Å². The summed E-state index contributed by atoms with van der Waals surface area (Å²) in [6.07, 6.45) is 11.7. The highest BCUT2D eigenvalue weighted by Gasteiger charge is 2.49. The fourth-order valence-corrected chi connectivity index (χ4v) is 6.74. The quantitative estimate of drug-likeness (QED) is 0.106. The van der Waals surface area contributed by atoms with Crippen molar-refractivity contribution in [3.8, 4) is 0 Å². The van der Waals surface area contributed by atoms with Crippen LogP contribution in [0, 0.1) is 5.92 Å². The average Bonchev–Trinajstić information content (AvgIpc) is 2.91. The second kappa shape index (κ2) is 15.1. The maximum Gasteiger partial charge on any atom is 0.234 e. The molecule has 10 heteroatoms. The zero-order valence-electron chi connectivity index (χ0n) is 23.3. The first-order chi connectivity index (χ1) is 17.8. The number of carbonyl (C=O) groups excluding carboxylic acids is 1. The Morgan fingerprint density at radius 2 is 1.78 bits per heavy atom. The highest BCUT2D eigenvalue weighted by atomic mass is 16.5. The molecule has 1 saturated heterocycles. The lowest BCUT2D eigenvalue weighted by molar-refractivity contribution is -0.255. The Hall–Kier alpha value is -0.850. The number of hydrogen-bond donors (Lipinski definition) is 6. The van der Waals surface area contributed by atoms with Crippen LogP contribution in [0.5, 0.6) is 0 Å². The molecule has 0 radical (unpaired) electrons. The van der Waals surface area contributed by atoms with E-state index in [0.717, 1.165) is 50.1 Å². The summed E-state index contributed by atoms with van der Waals surface area (Å²) >= 11 is 0. The van der Waals surface area contributed by atoms with E-state index in [0.29, 0.717) is 19.0 Å². The molecule has 0 aromatic heterocycles. The summed E-state index contributed by atoms with van der Waals surface area (Å²) in [5.41, 5.74) is 5.70. The highest BCUT2D eigenvalue weighted by Crippen LogP contribution is 2.38. The Bertz CT molecular complexity index is 673. The second-order valence-corrected chi connectivity index (χ2v) is 11.7. The normalized spacial score (nSPS) is 24.8. The molecule has 1 spiro atoms. The van der Waals surface area contributed by atoms with E-state index in [2.05, 4.69) is 17.6 Å². The summed E-state index contributed by atoms with van der Waals surface area (Å²) in [4.78, 5) is 16.8. The summed E-state index contributed by atoms with van der Waals surface area (Å²) in [5.74, 6) is 0.465. The van der Waals surface area contributed by atoms with E-state index in [9.17, 15) is 20.2 Å². The van der Waals surface area contributed by atoms with Crippen molar-refractivity contribution < 1.29 is 20.2 Å². The van der Waals surface area contributed by atoms with Gasteiger partial charge in [-0.3, -0.25) is 14.6 Å². The van der Waals surface area contributed by atoms with Gasteiger partial charge in [-0.25, -0.2) is 0 Å². The second-order valence-electron chi connectivity index (χ2n) is 11.7. The Morgan fingerprint density at radius 3 is 2.38 bits per heavy atom. The van der Waals surface area contributed by atoms with E-state index >= 15 is 0 Å². The number of aliphatic hydroxyl groups is 2. The third kappa shape index (κ3) is 8.32. The van der Waals surface area contributed by atoms with Crippen LogP contribution in [0.1, 0.15) is 90.9 Å². The Morgan fingerprint density at radius 1 is 1.11 bits per heavy atom. The fourth-order valence-electron chi connectivity index (χ4n) is 6.74. The zero-order chi connectivity index (χ0) is 26.8. The van der Waals surface area contributed by atoms with E-state index in [4.69, 9.17) is 5.73 Å². The highest BCUT2D eigenvalue weighted by molar-refractivity contribution is 5.78. The fraction of sp³-hybridized carbons (Fsp3) is 0.963. The molecule has 2 saturated carbocycles. The maximum absolute atomic E-state index is 13.0. The average molecular weight is 527 g/mol. The van der Waals surface area contributed by atoms with Crippen molar-refractivity contribution in [2.45, 2.75) is 121 Å². The molecule has 3 fully saturated rings. The van der Waals surface area contributed by atoms with E-state index in [-0.39, 0.29) is 43.4 Å². The molecule has 1 heterocycles. The van der Waals surface area contributed by atoms with Gasteiger partial charge in [0, 0.05) is 37.3 Å². The molecule has 4 atom stereocenters. The molecule has 37 heavy (non-hydrogen) atoms. The Kier molecular flexibility index (Phi) is 12.5. The van der Waals surface area contributed by atoms with Crippen LogP contribution in [0.4, 0.5) is 0 Å². The zero-order valence-corrected chi connectivity index (χ0v) is 23.3. The minimum atomic E-state index is -1.19. The van der Waals surface area contributed by atoms with Crippen LogP contribution in [0.3, 0.4) is 0 Å². The molecule has 2 aliphatic carbocycles. The minimum absolute atomic E-state index is 0.00791. The SMILES string of the molecule is CC(N(CCCCN)CC(=O)N[C@@H](C)C1CCCCC1)N(O)C(O)CN(CO)C1CNC12CCCCC2. The van der Waals surface area contributed by atoms with Crippen molar-refractivity contribution in [1.29, 1.82) is 0 Å². The van der Waals surface area contributed by atoms with Crippen LogP contribution in [0.25, 0.3) is 0 Å². The first kappa shape index (κ1) is 30.7. The molecule has 1 aliphatic heterocycles. The van der Waals surface area contributed by atoms with Gasteiger partial charge in [0.25, 0.3) is 0 Å². The molecule has 1 amide bonds. The number of hydrogen-bond acceptors (Lipinski definition) is 9. The summed E-state index contributed by atoms with van der Waals surface area (Å²) in [7, 11) is 0. The summed E-state index contributed by atoms with van der Waals surface area (Å²) < 4.78 is 0. The van der Waals surface area contributed by atoms with Gasteiger partial charge < -0.3 is 31.8 Å². The van der Waals surface area contributed by atoms with Gasteiger partial charge in [-0.2, -0.15) is 0 Å². The predicted octanol–water partition coefficient (Wildman–Crippen LogP) is 1.39. The monoisotopic (exact) mass is 526 g/mol. The van der Waals surface area contributed by atoms with Crippen LogP contribution < -0.4 is 16.4 Å². The van der Waals surface area contributed by atoms with Crippen LogP contribution >= 0.6 is 0 Å². The molecular formula is C27H54N6O4. The topological polar surface area (TPSA) is 138 Å². The molecule has 10 nitrogen and oxygen atoms in total. The number of rotatable bonds is 15. The molecule has 3 rings (SSSR count). The molecule has 0 aromatic rings. The lowest BCUT2D eigenvalue weighted by Crippen LogP contribution is -2.75. The molecule has 3 aliphatic rings. The van der Waals surface area contributed by atoms with Crippen molar-refractivity contribution in [3.63, 3.8) is 0 Å². The van der Waals surface area contributed by atoms with Crippen molar-refractivity contribution in [3.05, 3.63) is 0 Å². The first-order valence-electron chi connectivity index (χ1n) is 14.8. The lowest BCUT2D eigenvalue weighted by Gasteiger charge is -2.57. The molecule has 3 unspecified atom stereocenters. The van der Waals surface area contributed by atoms with Crippen LogP contribution in [-0.2, 0) is 4.79 Å². The minimum Gasteiger partial charge on any atom is -0.381 e. The third-order valence-corrected chi connectivity index (χ3v) is 9.26. The Balaban J connectivity index is 1.56. The summed E-state index contributed by atoms with van der Waals surface area (Å²) in [6.45, 7) is 5.94. The standard InChI is InChI=1S/C27H54N6O4/c1-21(23-11-5-3-6-12-23)30-25(35)18-31(16-10-9-15-28)22(2)33(37)26(36)19-32(20-34)24-17-29-27(24)13-7-4-8-14-27/h21-24,26,29,34,36-37H,3-20,28H2,1-2H3,(H,30,35)/t21-,22?,24?,26?/m0/s1. The van der Waals surface area contributed by atoms with Gasteiger partial charge in [-0.1, -0.05) is 38.5 Å². The number of aliphatic hydroxyl groups excluding tert-OH is 2. The molecule has 216 valence electrons. The van der Waals surface area contributed by atoms with E-state index in [1.54, 1.807) is 6.92 Å². The largest absolute Gasteiger partial charge is 0.381 e. The van der Waals surface area contributed by atoms with E-state index in [1.807, 2.05) is 9.80 Å². The van der Waals surface area contributed by atoms with Gasteiger partial charge in [0.1, 0.15) is 6.23 Å². The first-order valence-corrected chi connectivity index (χ1v) is 14.8. The third-order valence-electron chi connectivity index (χ3n) is 9.26. The van der Waals surface area contributed by atoms with E-state index < -0.39 is 12.4 Å². The molecule has 0 aromatic carbocycles. The maximum atomic E-state index is 13.0. The van der Waals surface area contributed by atoms with Crippen LogP contribution in [-0.4, -0.2) is 106 Å². The molecule has 0 bridgehead atoms. The number of nitrogens with zero attached hydrogens (tertiary/aromatic N) is 3. The number of nitrogens with one attached hydrogen (secondary N) is 2. The predicted molar refractivity (Wildman–Crippen MR) is 145 cm³/mol. The summed E-state index contributed by atoms with van der Waals surface area (Å²) in [5, 5.41) is 39.8. The number of amides is 1. The van der Waals surface area contributed by atoms with Crippen molar-refractivity contribution in [1.82, 2.24) is 25.5 Å².